The van der Waals surface area contributed by atoms with Gasteiger partial charge in [-0.2, -0.15) is 0 Å². The monoisotopic (exact) mass is 429 g/mol. The van der Waals surface area contributed by atoms with Gasteiger partial charge in [0.15, 0.2) is 0 Å². The van der Waals surface area contributed by atoms with Gasteiger partial charge in [-0.3, -0.25) is 9.88 Å². The standard InChI is InChI=1S/C11H15N3.3BrH/c1-2-9(5-12-3-1)7-14-8-10-4-11(14)6-13-10;;;/h1-3,5,10-11,13H,4,6-8H2;3*1H/t10-,11-;;;/m1.../s1. The zero-order valence-electron chi connectivity index (χ0n) is 9.41. The summed E-state index contributed by atoms with van der Waals surface area (Å²) in [6.07, 6.45) is 5.14. The van der Waals surface area contributed by atoms with Gasteiger partial charge < -0.3 is 5.32 Å². The van der Waals surface area contributed by atoms with Crippen molar-refractivity contribution < 1.29 is 0 Å². The molecule has 1 aromatic rings. The van der Waals surface area contributed by atoms with Gasteiger partial charge in [-0.05, 0) is 18.1 Å². The van der Waals surface area contributed by atoms with Crippen LogP contribution in [0.1, 0.15) is 12.0 Å². The first kappa shape index (κ1) is 17.5. The Labute approximate surface area is 134 Å². The number of hydrogen-bond acceptors (Lipinski definition) is 3. The van der Waals surface area contributed by atoms with Crippen molar-refractivity contribution in [3.05, 3.63) is 30.1 Å². The highest BCUT2D eigenvalue weighted by atomic mass is 79.9. The molecule has 2 bridgehead atoms. The number of nitrogens with one attached hydrogen (secondary N) is 1. The van der Waals surface area contributed by atoms with Crippen LogP contribution in [0, 0.1) is 0 Å². The van der Waals surface area contributed by atoms with Crippen LogP contribution < -0.4 is 5.32 Å². The second-order valence-electron chi connectivity index (χ2n) is 4.29. The molecule has 0 spiro atoms. The number of fused-ring (bicyclic) bond motifs is 2. The number of aromatic nitrogens is 1. The largest absolute Gasteiger partial charge is 0.311 e. The predicted octanol–water partition coefficient (Wildman–Crippen LogP) is 2.36. The number of piperazine rings is 1. The van der Waals surface area contributed by atoms with E-state index >= 15 is 0 Å². The molecule has 2 aliphatic rings. The smallest absolute Gasteiger partial charge is 0.0312 e. The van der Waals surface area contributed by atoms with Crippen molar-refractivity contribution in [1.29, 1.82) is 0 Å². The van der Waals surface area contributed by atoms with E-state index in [4.69, 9.17) is 0 Å². The Balaban J connectivity index is 0.000000853. The molecular weight excluding hydrogens is 414 g/mol. The summed E-state index contributed by atoms with van der Waals surface area (Å²) >= 11 is 0. The lowest BCUT2D eigenvalue weighted by Crippen LogP contribution is -2.42. The van der Waals surface area contributed by atoms with Gasteiger partial charge in [0.25, 0.3) is 0 Å². The molecule has 1 aromatic heterocycles. The zero-order chi connectivity index (χ0) is 9.38. The van der Waals surface area contributed by atoms with Gasteiger partial charge in [-0.25, -0.2) is 0 Å². The molecule has 0 saturated carbocycles. The van der Waals surface area contributed by atoms with Gasteiger partial charge in [0.1, 0.15) is 0 Å². The first-order valence-corrected chi connectivity index (χ1v) is 5.28. The summed E-state index contributed by atoms with van der Waals surface area (Å²) in [7, 11) is 0. The summed E-state index contributed by atoms with van der Waals surface area (Å²) in [6, 6.07) is 5.69. The van der Waals surface area contributed by atoms with Crippen molar-refractivity contribution in [2.24, 2.45) is 0 Å². The van der Waals surface area contributed by atoms with Crippen molar-refractivity contribution in [2.45, 2.75) is 25.0 Å². The van der Waals surface area contributed by atoms with E-state index in [1.165, 1.54) is 25.1 Å². The third-order valence-corrected chi connectivity index (χ3v) is 3.28. The molecule has 0 aromatic carbocycles. The van der Waals surface area contributed by atoms with Gasteiger partial charge in [0.2, 0.25) is 0 Å². The molecule has 17 heavy (non-hydrogen) atoms. The molecular formula is C11H18Br3N3. The van der Waals surface area contributed by atoms with Crippen LogP contribution in [0.25, 0.3) is 0 Å². The molecule has 2 atom stereocenters. The van der Waals surface area contributed by atoms with E-state index in [-0.39, 0.29) is 50.9 Å². The van der Waals surface area contributed by atoms with Gasteiger partial charge in [-0.1, -0.05) is 6.07 Å². The summed E-state index contributed by atoms with van der Waals surface area (Å²) in [5.74, 6) is 0. The number of nitrogens with zero attached hydrogens (tertiary/aromatic N) is 2. The highest BCUT2D eigenvalue weighted by molar-refractivity contribution is 8.93. The number of rotatable bonds is 2. The molecule has 3 rings (SSSR count). The van der Waals surface area contributed by atoms with Crippen molar-refractivity contribution in [3.8, 4) is 0 Å². The quantitative estimate of drug-likeness (QED) is 0.779. The Bertz CT molecular complexity index is 323. The molecule has 3 heterocycles. The van der Waals surface area contributed by atoms with E-state index in [1.807, 2.05) is 18.5 Å². The lowest BCUT2D eigenvalue weighted by molar-refractivity contribution is 0.217. The maximum atomic E-state index is 4.15. The first-order chi connectivity index (χ1) is 6.92. The topological polar surface area (TPSA) is 28.2 Å². The van der Waals surface area contributed by atoms with Crippen LogP contribution in [0.15, 0.2) is 24.5 Å². The van der Waals surface area contributed by atoms with E-state index in [0.717, 1.165) is 18.6 Å². The van der Waals surface area contributed by atoms with Crippen molar-refractivity contribution in [2.75, 3.05) is 13.1 Å². The second kappa shape index (κ2) is 7.84. The normalized spacial score (nSPS) is 25.6. The molecule has 0 unspecified atom stereocenters. The Morgan fingerprint density at radius 1 is 1.35 bits per heavy atom. The van der Waals surface area contributed by atoms with Gasteiger partial charge in [0, 0.05) is 44.1 Å². The summed E-state index contributed by atoms with van der Waals surface area (Å²) in [5.41, 5.74) is 1.33. The first-order valence-electron chi connectivity index (χ1n) is 5.28. The maximum Gasteiger partial charge on any atom is 0.0312 e. The van der Waals surface area contributed by atoms with E-state index < -0.39 is 0 Å². The third-order valence-electron chi connectivity index (χ3n) is 3.28. The van der Waals surface area contributed by atoms with Gasteiger partial charge in [-0.15, -0.1) is 50.9 Å². The average molecular weight is 432 g/mol. The fourth-order valence-corrected chi connectivity index (χ4v) is 2.57. The Kier molecular flexibility index (Phi) is 8.07. The third kappa shape index (κ3) is 3.99. The van der Waals surface area contributed by atoms with Gasteiger partial charge >= 0.3 is 0 Å². The van der Waals surface area contributed by atoms with Crippen LogP contribution in [-0.4, -0.2) is 35.1 Å². The molecule has 6 heteroatoms. The Morgan fingerprint density at radius 3 is 2.71 bits per heavy atom. The molecule has 0 radical (unpaired) electrons. The minimum Gasteiger partial charge on any atom is -0.311 e. The van der Waals surface area contributed by atoms with E-state index in [2.05, 4.69) is 21.3 Å². The van der Waals surface area contributed by atoms with Crippen molar-refractivity contribution >= 4 is 50.9 Å². The van der Waals surface area contributed by atoms with Crippen LogP contribution in [0.3, 0.4) is 0 Å². The van der Waals surface area contributed by atoms with Crippen LogP contribution in [0.2, 0.25) is 0 Å². The van der Waals surface area contributed by atoms with Crippen LogP contribution in [0.5, 0.6) is 0 Å². The summed E-state index contributed by atoms with van der Waals surface area (Å²) in [4.78, 5) is 6.71. The maximum absolute atomic E-state index is 4.15. The van der Waals surface area contributed by atoms with Crippen LogP contribution in [-0.2, 0) is 6.54 Å². The lowest BCUT2D eigenvalue weighted by Gasteiger charge is -2.26. The highest BCUT2D eigenvalue weighted by Gasteiger charge is 2.37. The van der Waals surface area contributed by atoms with E-state index in [9.17, 15) is 0 Å². The number of pyridine rings is 1. The fourth-order valence-electron chi connectivity index (χ4n) is 2.57. The number of likely N-dealkylation sites (tertiary alicyclic amines) is 1. The van der Waals surface area contributed by atoms with E-state index in [0.29, 0.717) is 0 Å². The molecule has 98 valence electrons. The lowest BCUT2D eigenvalue weighted by atomic mass is 10.2. The number of halogens is 3. The minimum atomic E-state index is 0. The summed E-state index contributed by atoms with van der Waals surface area (Å²) in [5, 5.41) is 3.51. The van der Waals surface area contributed by atoms with Gasteiger partial charge in [0.05, 0.1) is 0 Å². The molecule has 0 amide bonds. The molecule has 2 aliphatic heterocycles. The van der Waals surface area contributed by atoms with Crippen LogP contribution >= 0.6 is 50.9 Å². The molecule has 0 aliphatic carbocycles. The Hall–Kier alpha value is 0.510. The highest BCUT2D eigenvalue weighted by Crippen LogP contribution is 2.24. The summed E-state index contributed by atoms with van der Waals surface area (Å²) in [6.45, 7) is 3.45. The second-order valence-corrected chi connectivity index (χ2v) is 4.29. The molecule has 2 saturated heterocycles. The van der Waals surface area contributed by atoms with E-state index in [1.54, 1.807) is 0 Å². The molecule has 3 nitrogen and oxygen atoms in total. The minimum absolute atomic E-state index is 0. The fraction of sp³-hybridized carbons (Fsp3) is 0.545. The van der Waals surface area contributed by atoms with Crippen molar-refractivity contribution in [1.82, 2.24) is 15.2 Å². The predicted molar refractivity (Wildman–Crippen MR) is 85.8 cm³/mol. The number of hydrogen-bond donors (Lipinski definition) is 1. The SMILES string of the molecule is Br.Br.Br.c1cncc(CN2C[C@H]3C[C@@H]2CN3)c1. The van der Waals surface area contributed by atoms with Crippen LogP contribution in [0.4, 0.5) is 0 Å². The molecule has 2 fully saturated rings. The van der Waals surface area contributed by atoms with Crippen molar-refractivity contribution in [3.63, 3.8) is 0 Å². The summed E-state index contributed by atoms with van der Waals surface area (Å²) < 4.78 is 0. The Morgan fingerprint density at radius 2 is 2.18 bits per heavy atom. The zero-order valence-corrected chi connectivity index (χ0v) is 14.6. The molecule has 1 N–H and O–H groups in total. The average Bonchev–Trinajstić information content (AvgIpc) is 2.81.